The quantitative estimate of drug-likeness (QED) is 0.901. The van der Waals surface area contributed by atoms with Gasteiger partial charge >= 0.3 is 6.09 Å². The van der Waals surface area contributed by atoms with Gasteiger partial charge in [-0.3, -0.25) is 0 Å². The Hall–Kier alpha value is -1.55. The van der Waals surface area contributed by atoms with Gasteiger partial charge in [0.05, 0.1) is 6.10 Å². The topological polar surface area (TPSA) is 49.8 Å². The number of nitrogens with zero attached hydrogens (tertiary/aromatic N) is 1. The van der Waals surface area contributed by atoms with Crippen molar-refractivity contribution in [2.45, 2.75) is 32.0 Å². The molecule has 2 fully saturated rings. The van der Waals surface area contributed by atoms with Crippen molar-refractivity contribution in [3.63, 3.8) is 0 Å². The van der Waals surface area contributed by atoms with E-state index in [4.69, 9.17) is 4.74 Å². The van der Waals surface area contributed by atoms with Crippen molar-refractivity contribution >= 4 is 6.09 Å². The zero-order valence-electron chi connectivity index (χ0n) is 11.6. The summed E-state index contributed by atoms with van der Waals surface area (Å²) in [6, 6.07) is 9.70. The molecular formula is C16H21NO3. The number of hydrogen-bond donors (Lipinski definition) is 1. The molecule has 1 amide bonds. The molecule has 1 aliphatic carbocycles. The number of aliphatic hydroxyl groups is 1. The molecule has 1 aromatic rings. The van der Waals surface area contributed by atoms with Gasteiger partial charge in [0.25, 0.3) is 0 Å². The molecule has 0 radical (unpaired) electrons. The Bertz CT molecular complexity index is 462. The highest BCUT2D eigenvalue weighted by Crippen LogP contribution is 2.38. The molecule has 4 heteroatoms. The molecule has 0 aromatic heterocycles. The normalized spacial score (nSPS) is 29.1. The summed E-state index contributed by atoms with van der Waals surface area (Å²) in [6.07, 6.45) is 2.46. The SMILES string of the molecule is O=C(OCc1ccccc1)N1CC[C@H]2CC[C@@H](O)[C@H]2C1. The molecule has 1 aromatic carbocycles. The van der Waals surface area contributed by atoms with Crippen LogP contribution in [0, 0.1) is 11.8 Å². The lowest BCUT2D eigenvalue weighted by Gasteiger charge is -2.35. The van der Waals surface area contributed by atoms with Gasteiger partial charge in [-0.2, -0.15) is 0 Å². The number of amides is 1. The molecular weight excluding hydrogens is 254 g/mol. The fraction of sp³-hybridized carbons (Fsp3) is 0.562. The first-order chi connectivity index (χ1) is 9.74. The van der Waals surface area contributed by atoms with Crippen LogP contribution in [0.1, 0.15) is 24.8 Å². The van der Waals surface area contributed by atoms with Crippen molar-refractivity contribution in [2.24, 2.45) is 11.8 Å². The molecule has 108 valence electrons. The molecule has 20 heavy (non-hydrogen) atoms. The minimum Gasteiger partial charge on any atom is -0.445 e. The number of carbonyl (C=O) groups is 1. The van der Waals surface area contributed by atoms with Crippen LogP contribution in [-0.2, 0) is 11.3 Å². The van der Waals surface area contributed by atoms with Gasteiger partial charge in [0.15, 0.2) is 0 Å². The van der Waals surface area contributed by atoms with Crippen molar-refractivity contribution in [3.8, 4) is 0 Å². The summed E-state index contributed by atoms with van der Waals surface area (Å²) in [5.74, 6) is 0.830. The summed E-state index contributed by atoms with van der Waals surface area (Å²) in [5.41, 5.74) is 0.997. The minimum absolute atomic E-state index is 0.244. The van der Waals surface area contributed by atoms with E-state index in [0.717, 1.165) is 31.4 Å². The Morgan fingerprint density at radius 2 is 2.05 bits per heavy atom. The number of piperidine rings is 1. The first-order valence-electron chi connectivity index (χ1n) is 7.38. The number of aliphatic hydroxyl groups excluding tert-OH is 1. The van der Waals surface area contributed by atoms with Gasteiger partial charge in [-0.1, -0.05) is 30.3 Å². The average molecular weight is 275 g/mol. The van der Waals surface area contributed by atoms with Gasteiger partial charge < -0.3 is 14.7 Å². The van der Waals surface area contributed by atoms with Crippen molar-refractivity contribution < 1.29 is 14.6 Å². The van der Waals surface area contributed by atoms with E-state index in [1.165, 1.54) is 0 Å². The largest absolute Gasteiger partial charge is 0.445 e. The number of benzene rings is 1. The Labute approximate surface area is 119 Å². The predicted octanol–water partition coefficient (Wildman–Crippen LogP) is 2.42. The molecule has 3 rings (SSSR count). The van der Waals surface area contributed by atoms with E-state index in [1.54, 1.807) is 4.90 Å². The van der Waals surface area contributed by atoms with E-state index in [9.17, 15) is 9.90 Å². The highest BCUT2D eigenvalue weighted by atomic mass is 16.6. The number of ether oxygens (including phenoxy) is 1. The Balaban J connectivity index is 1.53. The number of fused-ring (bicyclic) bond motifs is 1. The standard InChI is InChI=1S/C16H21NO3/c18-15-7-6-13-8-9-17(10-14(13)15)16(19)20-11-12-4-2-1-3-5-12/h1-5,13-15,18H,6-11H2/t13-,14+,15-/m1/s1. The summed E-state index contributed by atoms with van der Waals surface area (Å²) >= 11 is 0. The van der Waals surface area contributed by atoms with Gasteiger partial charge in [0.1, 0.15) is 6.61 Å². The fourth-order valence-corrected chi connectivity index (χ4v) is 3.40. The van der Waals surface area contributed by atoms with Crippen LogP contribution in [0.4, 0.5) is 4.79 Å². The third-order valence-electron chi connectivity index (χ3n) is 4.60. The average Bonchev–Trinajstić information content (AvgIpc) is 2.87. The molecule has 0 bridgehead atoms. The molecule has 1 aliphatic heterocycles. The van der Waals surface area contributed by atoms with E-state index in [2.05, 4.69) is 0 Å². The number of rotatable bonds is 2. The fourth-order valence-electron chi connectivity index (χ4n) is 3.40. The lowest BCUT2D eigenvalue weighted by atomic mass is 9.88. The van der Waals surface area contributed by atoms with Crippen molar-refractivity contribution in [3.05, 3.63) is 35.9 Å². The van der Waals surface area contributed by atoms with E-state index in [1.807, 2.05) is 30.3 Å². The first-order valence-corrected chi connectivity index (χ1v) is 7.38. The third kappa shape index (κ3) is 2.80. The first kappa shape index (κ1) is 13.4. The van der Waals surface area contributed by atoms with Gasteiger partial charge in [0, 0.05) is 19.0 Å². The Morgan fingerprint density at radius 3 is 2.85 bits per heavy atom. The zero-order valence-corrected chi connectivity index (χ0v) is 11.6. The second kappa shape index (κ2) is 5.83. The summed E-state index contributed by atoms with van der Waals surface area (Å²) in [6.45, 7) is 1.70. The number of likely N-dealkylation sites (tertiary alicyclic amines) is 1. The van der Waals surface area contributed by atoms with E-state index < -0.39 is 0 Å². The molecule has 0 unspecified atom stereocenters. The van der Waals surface area contributed by atoms with Crippen LogP contribution in [0.15, 0.2) is 30.3 Å². The van der Waals surface area contributed by atoms with Crippen LogP contribution in [-0.4, -0.2) is 35.3 Å². The maximum atomic E-state index is 12.1. The van der Waals surface area contributed by atoms with Gasteiger partial charge in [0.2, 0.25) is 0 Å². The molecule has 1 N–H and O–H groups in total. The molecule has 0 spiro atoms. The van der Waals surface area contributed by atoms with Crippen LogP contribution in [0.3, 0.4) is 0 Å². The third-order valence-corrected chi connectivity index (χ3v) is 4.60. The van der Waals surface area contributed by atoms with Crippen molar-refractivity contribution in [1.29, 1.82) is 0 Å². The van der Waals surface area contributed by atoms with E-state index in [-0.39, 0.29) is 18.1 Å². The van der Waals surface area contributed by atoms with Gasteiger partial charge in [-0.15, -0.1) is 0 Å². The van der Waals surface area contributed by atoms with Crippen LogP contribution in [0.25, 0.3) is 0 Å². The molecule has 2 aliphatic rings. The maximum absolute atomic E-state index is 12.1. The van der Waals surface area contributed by atoms with E-state index in [0.29, 0.717) is 19.1 Å². The minimum atomic E-state index is -0.258. The second-order valence-electron chi connectivity index (χ2n) is 5.84. The maximum Gasteiger partial charge on any atom is 0.410 e. The molecule has 1 saturated carbocycles. The summed E-state index contributed by atoms with van der Waals surface area (Å²) in [4.78, 5) is 13.8. The zero-order chi connectivity index (χ0) is 13.9. The lowest BCUT2D eigenvalue weighted by molar-refractivity contribution is 0.0387. The summed E-state index contributed by atoms with van der Waals surface area (Å²) in [7, 11) is 0. The Morgan fingerprint density at radius 1 is 1.25 bits per heavy atom. The lowest BCUT2D eigenvalue weighted by Crippen LogP contribution is -2.45. The molecule has 3 atom stereocenters. The highest BCUT2D eigenvalue weighted by Gasteiger charge is 2.40. The molecule has 1 saturated heterocycles. The molecule has 4 nitrogen and oxygen atoms in total. The highest BCUT2D eigenvalue weighted by molar-refractivity contribution is 5.67. The Kier molecular flexibility index (Phi) is 3.92. The monoisotopic (exact) mass is 275 g/mol. The number of hydrogen-bond acceptors (Lipinski definition) is 3. The summed E-state index contributed by atoms with van der Waals surface area (Å²) in [5, 5.41) is 9.95. The van der Waals surface area contributed by atoms with Crippen molar-refractivity contribution in [2.75, 3.05) is 13.1 Å². The van der Waals surface area contributed by atoms with Crippen LogP contribution in [0.5, 0.6) is 0 Å². The van der Waals surface area contributed by atoms with Crippen LogP contribution >= 0.6 is 0 Å². The predicted molar refractivity (Wildman–Crippen MR) is 75.0 cm³/mol. The van der Waals surface area contributed by atoms with Crippen molar-refractivity contribution in [1.82, 2.24) is 4.90 Å². The van der Waals surface area contributed by atoms with E-state index >= 15 is 0 Å². The van der Waals surface area contributed by atoms with Gasteiger partial charge in [-0.25, -0.2) is 4.79 Å². The van der Waals surface area contributed by atoms with Crippen LogP contribution < -0.4 is 0 Å². The number of carbonyl (C=O) groups excluding carboxylic acids is 1. The molecule has 1 heterocycles. The smallest absolute Gasteiger partial charge is 0.410 e. The second-order valence-corrected chi connectivity index (χ2v) is 5.84. The van der Waals surface area contributed by atoms with Gasteiger partial charge in [-0.05, 0) is 30.7 Å². The summed E-state index contributed by atoms with van der Waals surface area (Å²) < 4.78 is 5.36. The van der Waals surface area contributed by atoms with Crippen LogP contribution in [0.2, 0.25) is 0 Å².